The quantitative estimate of drug-likeness (QED) is 0.722. The van der Waals surface area contributed by atoms with Gasteiger partial charge in [-0.1, -0.05) is 11.8 Å². The molecule has 2 heterocycles. The number of hydrogen-bond acceptors (Lipinski definition) is 5. The third-order valence-corrected chi connectivity index (χ3v) is 4.38. The lowest BCUT2D eigenvalue weighted by Crippen LogP contribution is -1.99. The van der Waals surface area contributed by atoms with Crippen LogP contribution in [0.4, 0.5) is 0 Å². The number of ether oxygens (including phenoxy) is 1. The van der Waals surface area contributed by atoms with Crippen LogP contribution in [0.15, 0.2) is 35.6 Å². The summed E-state index contributed by atoms with van der Waals surface area (Å²) in [5.74, 6) is 1.58. The second-order valence-electron chi connectivity index (χ2n) is 4.99. The average molecular weight is 324 g/mol. The van der Waals surface area contributed by atoms with Gasteiger partial charge in [0.2, 0.25) is 0 Å². The number of thioether (sulfide) groups is 1. The van der Waals surface area contributed by atoms with E-state index in [1.165, 1.54) is 0 Å². The van der Waals surface area contributed by atoms with Gasteiger partial charge in [-0.05, 0) is 38.1 Å². The number of pyridine rings is 1. The Morgan fingerprint density at radius 1 is 1.35 bits per heavy atom. The predicted molar refractivity (Wildman–Crippen MR) is 90.5 cm³/mol. The Kier molecular flexibility index (Phi) is 4.49. The molecule has 1 aromatic carbocycles. The molecule has 0 amide bonds. The minimum Gasteiger partial charge on any atom is -0.493 e. The van der Waals surface area contributed by atoms with Gasteiger partial charge in [-0.3, -0.25) is 4.98 Å². The fourth-order valence-electron chi connectivity index (χ4n) is 2.28. The van der Waals surface area contributed by atoms with Crippen LogP contribution in [-0.4, -0.2) is 21.6 Å². The zero-order chi connectivity index (χ0) is 16.2. The fourth-order valence-corrected chi connectivity index (χ4v) is 3.19. The lowest BCUT2D eigenvalue weighted by molar-refractivity contribution is 0.337. The normalized spacial score (nSPS) is 10.7. The van der Waals surface area contributed by atoms with Crippen molar-refractivity contribution in [1.82, 2.24) is 15.0 Å². The first-order valence-corrected chi connectivity index (χ1v) is 8.29. The highest BCUT2D eigenvalue weighted by Gasteiger charge is 2.09. The predicted octanol–water partition coefficient (Wildman–Crippen LogP) is 3.83. The Morgan fingerprint density at radius 3 is 3.00 bits per heavy atom. The van der Waals surface area contributed by atoms with Crippen LogP contribution in [0.3, 0.4) is 0 Å². The van der Waals surface area contributed by atoms with Crippen molar-refractivity contribution in [3.8, 4) is 11.8 Å². The van der Waals surface area contributed by atoms with Crippen LogP contribution in [0.5, 0.6) is 5.75 Å². The van der Waals surface area contributed by atoms with Gasteiger partial charge in [0, 0.05) is 17.5 Å². The maximum atomic E-state index is 8.95. The number of H-pyrrole nitrogens is 1. The van der Waals surface area contributed by atoms with Crippen LogP contribution in [0, 0.1) is 18.3 Å². The topological polar surface area (TPSA) is 74.6 Å². The second kappa shape index (κ2) is 6.71. The van der Waals surface area contributed by atoms with E-state index in [9.17, 15) is 0 Å². The highest BCUT2D eigenvalue weighted by molar-refractivity contribution is 7.98. The van der Waals surface area contributed by atoms with Crippen LogP contribution < -0.4 is 4.74 Å². The number of nitriles is 1. The number of aromatic amines is 1. The highest BCUT2D eigenvalue weighted by atomic mass is 32.2. The van der Waals surface area contributed by atoms with Crippen LogP contribution in [-0.2, 0) is 5.75 Å². The van der Waals surface area contributed by atoms with Crippen molar-refractivity contribution in [3.05, 3.63) is 47.3 Å². The average Bonchev–Trinajstić information content (AvgIpc) is 2.97. The SMILES string of the molecule is CCOc1ccnc(CSc2nc3ccc(C#N)cc3[nH]2)c1C. The van der Waals surface area contributed by atoms with E-state index in [0.29, 0.717) is 17.9 Å². The Labute approximate surface area is 138 Å². The Balaban J connectivity index is 1.78. The molecule has 1 N–H and O–H groups in total. The maximum absolute atomic E-state index is 8.95. The summed E-state index contributed by atoms with van der Waals surface area (Å²) in [5.41, 5.74) is 4.40. The van der Waals surface area contributed by atoms with Crippen molar-refractivity contribution < 1.29 is 4.74 Å². The number of nitrogens with zero attached hydrogens (tertiary/aromatic N) is 3. The van der Waals surface area contributed by atoms with Crippen LogP contribution in [0.1, 0.15) is 23.7 Å². The standard InChI is InChI=1S/C17H16N4OS/c1-3-22-16-6-7-19-15(11(16)2)10-23-17-20-13-5-4-12(9-18)8-14(13)21-17/h4-8H,3,10H2,1-2H3,(H,20,21). The monoisotopic (exact) mass is 324 g/mol. The summed E-state index contributed by atoms with van der Waals surface area (Å²) in [7, 11) is 0. The van der Waals surface area contributed by atoms with Gasteiger partial charge in [0.1, 0.15) is 5.75 Å². The first-order valence-electron chi connectivity index (χ1n) is 7.31. The van der Waals surface area contributed by atoms with Crippen molar-refractivity contribution in [2.24, 2.45) is 0 Å². The molecule has 3 rings (SSSR count). The number of nitrogens with one attached hydrogen (secondary N) is 1. The molecule has 0 aliphatic heterocycles. The van der Waals surface area contributed by atoms with Crippen LogP contribution in [0.2, 0.25) is 0 Å². The van der Waals surface area contributed by atoms with Gasteiger partial charge in [0.05, 0.1) is 35.0 Å². The molecule has 0 saturated heterocycles. The van der Waals surface area contributed by atoms with Crippen LogP contribution >= 0.6 is 11.8 Å². The molecule has 23 heavy (non-hydrogen) atoms. The summed E-state index contributed by atoms with van der Waals surface area (Å²) >= 11 is 1.59. The third kappa shape index (κ3) is 3.30. The number of aromatic nitrogens is 3. The van der Waals surface area contributed by atoms with Gasteiger partial charge in [-0.15, -0.1) is 0 Å². The van der Waals surface area contributed by atoms with Crippen molar-refractivity contribution in [2.75, 3.05) is 6.61 Å². The molecular formula is C17H16N4OS. The molecule has 0 aliphatic carbocycles. The summed E-state index contributed by atoms with van der Waals surface area (Å²) < 4.78 is 5.60. The number of imidazole rings is 1. The number of rotatable bonds is 5. The molecule has 6 heteroatoms. The summed E-state index contributed by atoms with van der Waals surface area (Å²) in [5, 5.41) is 9.76. The molecule has 0 saturated carbocycles. The minimum absolute atomic E-state index is 0.625. The third-order valence-electron chi connectivity index (χ3n) is 3.49. The van der Waals surface area contributed by atoms with E-state index >= 15 is 0 Å². The van der Waals surface area contributed by atoms with E-state index in [-0.39, 0.29) is 0 Å². The minimum atomic E-state index is 0.625. The molecule has 0 atom stereocenters. The van der Waals surface area contributed by atoms with Crippen molar-refractivity contribution >= 4 is 22.8 Å². The van der Waals surface area contributed by atoms with Gasteiger partial charge in [-0.2, -0.15) is 5.26 Å². The van der Waals surface area contributed by atoms with Gasteiger partial charge in [0.25, 0.3) is 0 Å². The molecular weight excluding hydrogens is 308 g/mol. The Hall–Kier alpha value is -2.52. The molecule has 5 nitrogen and oxygen atoms in total. The Bertz CT molecular complexity index is 882. The summed E-state index contributed by atoms with van der Waals surface area (Å²) in [6, 6.07) is 9.46. The zero-order valence-electron chi connectivity index (χ0n) is 13.0. The first kappa shape index (κ1) is 15.4. The lowest BCUT2D eigenvalue weighted by Gasteiger charge is -2.09. The second-order valence-corrected chi connectivity index (χ2v) is 5.95. The molecule has 3 aromatic rings. The van der Waals surface area contributed by atoms with E-state index in [1.54, 1.807) is 24.0 Å². The molecule has 116 valence electrons. The molecule has 0 unspecified atom stereocenters. The van der Waals surface area contributed by atoms with E-state index in [2.05, 4.69) is 21.0 Å². The molecule has 0 spiro atoms. The van der Waals surface area contributed by atoms with Gasteiger partial charge in [0.15, 0.2) is 5.16 Å². The number of hydrogen-bond donors (Lipinski definition) is 1. The van der Waals surface area contributed by atoms with Crippen molar-refractivity contribution in [3.63, 3.8) is 0 Å². The van der Waals surface area contributed by atoms with Crippen LogP contribution in [0.25, 0.3) is 11.0 Å². The van der Waals surface area contributed by atoms with E-state index < -0.39 is 0 Å². The van der Waals surface area contributed by atoms with Gasteiger partial charge >= 0.3 is 0 Å². The van der Waals surface area contributed by atoms with E-state index in [0.717, 1.165) is 33.2 Å². The summed E-state index contributed by atoms with van der Waals surface area (Å²) in [4.78, 5) is 12.2. The summed E-state index contributed by atoms with van der Waals surface area (Å²) in [6.07, 6.45) is 1.77. The maximum Gasteiger partial charge on any atom is 0.166 e. The van der Waals surface area contributed by atoms with E-state index in [1.807, 2.05) is 32.0 Å². The molecule has 0 aliphatic rings. The van der Waals surface area contributed by atoms with Crippen molar-refractivity contribution in [2.45, 2.75) is 24.8 Å². The molecule has 0 bridgehead atoms. The molecule has 0 radical (unpaired) electrons. The highest BCUT2D eigenvalue weighted by Crippen LogP contribution is 2.27. The largest absolute Gasteiger partial charge is 0.493 e. The van der Waals surface area contributed by atoms with Crippen molar-refractivity contribution in [1.29, 1.82) is 5.26 Å². The lowest BCUT2D eigenvalue weighted by atomic mass is 10.2. The summed E-state index contributed by atoms with van der Waals surface area (Å²) in [6.45, 7) is 4.63. The zero-order valence-corrected chi connectivity index (χ0v) is 13.8. The number of fused-ring (bicyclic) bond motifs is 1. The van der Waals surface area contributed by atoms with E-state index in [4.69, 9.17) is 10.00 Å². The molecule has 0 fully saturated rings. The first-order chi connectivity index (χ1) is 11.2. The molecule has 2 aromatic heterocycles. The Morgan fingerprint density at radius 2 is 2.22 bits per heavy atom. The fraction of sp³-hybridized carbons (Fsp3) is 0.235. The smallest absolute Gasteiger partial charge is 0.166 e. The number of benzene rings is 1. The van der Waals surface area contributed by atoms with Gasteiger partial charge < -0.3 is 9.72 Å². The van der Waals surface area contributed by atoms with Gasteiger partial charge in [-0.25, -0.2) is 4.98 Å².